The van der Waals surface area contributed by atoms with E-state index in [0.29, 0.717) is 42.8 Å². The lowest BCUT2D eigenvalue weighted by molar-refractivity contribution is -0.172. The van der Waals surface area contributed by atoms with Gasteiger partial charge >= 0.3 is 0 Å². The summed E-state index contributed by atoms with van der Waals surface area (Å²) in [6, 6.07) is 5.30. The summed E-state index contributed by atoms with van der Waals surface area (Å²) in [5.74, 6) is -0.157. The topological polar surface area (TPSA) is 85.1 Å². The van der Waals surface area contributed by atoms with Crippen LogP contribution in [0.3, 0.4) is 0 Å². The number of aromatic nitrogens is 1. The molecule has 2 saturated heterocycles. The number of benzene rings is 1. The van der Waals surface area contributed by atoms with Crippen molar-refractivity contribution in [3.63, 3.8) is 0 Å². The van der Waals surface area contributed by atoms with E-state index in [2.05, 4.69) is 5.16 Å². The molecule has 0 aliphatic carbocycles. The van der Waals surface area contributed by atoms with Crippen molar-refractivity contribution in [1.29, 1.82) is 0 Å². The number of likely N-dealkylation sites (N-methyl/N-ethyl adjacent to an activating group) is 1. The van der Waals surface area contributed by atoms with Crippen LogP contribution in [0, 0.1) is 0 Å². The molecule has 0 unspecified atom stereocenters. The standard InChI is InChI=1S/C20H25N3O5/c1-13-18(27-10-9-26-13)20(25)23-8-4-5-14(23)12-22(2)19(24)15-6-3-7-17-16(15)11-21-28-17/h3,6-7,11,13-14,18H,4-5,8-10,12H2,1-2H3/t13-,14-,18-/m0/s1. The van der Waals surface area contributed by atoms with Crippen LogP contribution < -0.4 is 0 Å². The maximum Gasteiger partial charge on any atom is 0.254 e. The molecular weight excluding hydrogens is 362 g/mol. The van der Waals surface area contributed by atoms with Crippen LogP contribution in [0.2, 0.25) is 0 Å². The SMILES string of the molecule is C[C@@H]1OCCO[C@@H]1C(=O)N1CCC[C@H]1CN(C)C(=O)c1cccc2oncc12. The van der Waals surface area contributed by atoms with Gasteiger partial charge in [0, 0.05) is 26.2 Å². The third-order valence-electron chi connectivity index (χ3n) is 5.55. The summed E-state index contributed by atoms with van der Waals surface area (Å²) in [6.45, 7) is 3.95. The van der Waals surface area contributed by atoms with Crippen LogP contribution in [0.1, 0.15) is 30.1 Å². The zero-order valence-corrected chi connectivity index (χ0v) is 16.2. The highest BCUT2D eigenvalue weighted by atomic mass is 16.6. The van der Waals surface area contributed by atoms with Gasteiger partial charge in [0.1, 0.15) is 0 Å². The Hall–Kier alpha value is -2.45. The van der Waals surface area contributed by atoms with Crippen molar-refractivity contribution in [2.75, 3.05) is 33.4 Å². The first kappa shape index (κ1) is 18.9. The van der Waals surface area contributed by atoms with Gasteiger partial charge < -0.3 is 23.8 Å². The zero-order valence-electron chi connectivity index (χ0n) is 16.2. The molecule has 2 aromatic rings. The summed E-state index contributed by atoms with van der Waals surface area (Å²) in [5.41, 5.74) is 1.13. The van der Waals surface area contributed by atoms with Gasteiger partial charge in [-0.3, -0.25) is 9.59 Å². The average molecular weight is 387 g/mol. The summed E-state index contributed by atoms with van der Waals surface area (Å²) >= 11 is 0. The normalized spacial score (nSPS) is 25.2. The molecule has 2 fully saturated rings. The van der Waals surface area contributed by atoms with E-state index in [1.165, 1.54) is 0 Å². The molecule has 0 radical (unpaired) electrons. The lowest BCUT2D eigenvalue weighted by Crippen LogP contribution is -2.52. The van der Waals surface area contributed by atoms with Crippen molar-refractivity contribution in [2.24, 2.45) is 0 Å². The van der Waals surface area contributed by atoms with Gasteiger partial charge in [-0.05, 0) is 31.9 Å². The number of hydrogen-bond donors (Lipinski definition) is 0. The van der Waals surface area contributed by atoms with Crippen LogP contribution in [0.25, 0.3) is 11.0 Å². The molecule has 2 aliphatic rings. The smallest absolute Gasteiger partial charge is 0.254 e. The van der Waals surface area contributed by atoms with Gasteiger partial charge in [-0.25, -0.2) is 0 Å². The number of carbonyl (C=O) groups is 2. The first-order valence-corrected chi connectivity index (χ1v) is 9.69. The van der Waals surface area contributed by atoms with Crippen molar-refractivity contribution < 1.29 is 23.6 Å². The van der Waals surface area contributed by atoms with Crippen LogP contribution >= 0.6 is 0 Å². The molecule has 0 N–H and O–H groups in total. The van der Waals surface area contributed by atoms with Crippen molar-refractivity contribution in [1.82, 2.24) is 15.0 Å². The molecule has 1 aromatic carbocycles. The molecule has 0 spiro atoms. The van der Waals surface area contributed by atoms with Crippen molar-refractivity contribution >= 4 is 22.8 Å². The van der Waals surface area contributed by atoms with Crippen LogP contribution in [-0.4, -0.2) is 78.4 Å². The van der Waals surface area contributed by atoms with Gasteiger partial charge in [0.25, 0.3) is 11.8 Å². The number of fused-ring (bicyclic) bond motifs is 1. The Labute approximate surface area is 163 Å². The Morgan fingerprint density at radius 1 is 1.29 bits per heavy atom. The van der Waals surface area contributed by atoms with Gasteiger partial charge in [0.15, 0.2) is 11.7 Å². The number of nitrogens with zero attached hydrogens (tertiary/aromatic N) is 3. The van der Waals surface area contributed by atoms with Gasteiger partial charge in [-0.1, -0.05) is 11.2 Å². The highest BCUT2D eigenvalue weighted by molar-refractivity contribution is 6.05. The maximum absolute atomic E-state index is 13.0. The third-order valence-corrected chi connectivity index (χ3v) is 5.55. The summed E-state index contributed by atoms with van der Waals surface area (Å²) in [6.07, 6.45) is 2.52. The number of rotatable bonds is 4. The molecule has 8 nitrogen and oxygen atoms in total. The molecule has 0 saturated carbocycles. The fraction of sp³-hybridized carbons (Fsp3) is 0.550. The second-order valence-electron chi connectivity index (χ2n) is 7.42. The Kier molecular flexibility index (Phi) is 5.32. The fourth-order valence-corrected chi connectivity index (χ4v) is 4.07. The summed E-state index contributed by atoms with van der Waals surface area (Å²) in [5, 5.41) is 4.47. The molecule has 3 heterocycles. The van der Waals surface area contributed by atoms with E-state index >= 15 is 0 Å². The molecule has 1 aromatic heterocycles. The van der Waals surface area contributed by atoms with E-state index in [-0.39, 0.29) is 24.0 Å². The molecule has 2 aliphatic heterocycles. The van der Waals surface area contributed by atoms with E-state index in [4.69, 9.17) is 14.0 Å². The average Bonchev–Trinajstić information content (AvgIpc) is 3.36. The fourth-order valence-electron chi connectivity index (χ4n) is 4.07. The Bertz CT molecular complexity index is 866. The second kappa shape index (κ2) is 7.89. The number of amides is 2. The van der Waals surface area contributed by atoms with Crippen molar-refractivity contribution in [3.05, 3.63) is 30.0 Å². The Morgan fingerprint density at radius 3 is 2.93 bits per heavy atom. The number of carbonyl (C=O) groups excluding carboxylic acids is 2. The molecule has 150 valence electrons. The minimum atomic E-state index is -0.568. The first-order chi connectivity index (χ1) is 13.6. The van der Waals surface area contributed by atoms with Crippen molar-refractivity contribution in [2.45, 2.75) is 38.0 Å². The van der Waals surface area contributed by atoms with E-state index in [0.717, 1.165) is 12.8 Å². The van der Waals surface area contributed by atoms with Gasteiger partial charge in [-0.15, -0.1) is 0 Å². The number of ether oxygens (including phenoxy) is 2. The Balaban J connectivity index is 1.46. The van der Waals surface area contributed by atoms with Crippen LogP contribution in [0.5, 0.6) is 0 Å². The summed E-state index contributed by atoms with van der Waals surface area (Å²) in [7, 11) is 1.76. The van der Waals surface area contributed by atoms with Gasteiger partial charge in [-0.2, -0.15) is 0 Å². The molecule has 3 atom stereocenters. The van der Waals surface area contributed by atoms with E-state index in [1.807, 2.05) is 11.8 Å². The van der Waals surface area contributed by atoms with Crippen LogP contribution in [0.4, 0.5) is 0 Å². The summed E-state index contributed by atoms with van der Waals surface area (Å²) < 4.78 is 16.4. The van der Waals surface area contributed by atoms with Crippen LogP contribution in [-0.2, 0) is 14.3 Å². The minimum absolute atomic E-state index is 0.0270. The highest BCUT2D eigenvalue weighted by Crippen LogP contribution is 2.24. The second-order valence-corrected chi connectivity index (χ2v) is 7.42. The quantitative estimate of drug-likeness (QED) is 0.794. The monoisotopic (exact) mass is 387 g/mol. The maximum atomic E-state index is 13.0. The molecule has 28 heavy (non-hydrogen) atoms. The molecule has 4 rings (SSSR count). The zero-order chi connectivity index (χ0) is 19.7. The summed E-state index contributed by atoms with van der Waals surface area (Å²) in [4.78, 5) is 29.5. The molecular formula is C20H25N3O5. The Morgan fingerprint density at radius 2 is 2.11 bits per heavy atom. The first-order valence-electron chi connectivity index (χ1n) is 9.69. The lowest BCUT2D eigenvalue weighted by Gasteiger charge is -2.35. The molecule has 2 amide bonds. The highest BCUT2D eigenvalue weighted by Gasteiger charge is 2.38. The molecule has 0 bridgehead atoms. The third kappa shape index (κ3) is 3.49. The van der Waals surface area contributed by atoms with Crippen molar-refractivity contribution in [3.8, 4) is 0 Å². The van der Waals surface area contributed by atoms with E-state index in [9.17, 15) is 9.59 Å². The largest absolute Gasteiger partial charge is 0.373 e. The minimum Gasteiger partial charge on any atom is -0.373 e. The molecule has 8 heteroatoms. The number of likely N-dealkylation sites (tertiary alicyclic amines) is 1. The van der Waals surface area contributed by atoms with E-state index in [1.54, 1.807) is 36.3 Å². The van der Waals surface area contributed by atoms with Gasteiger partial charge in [0.2, 0.25) is 0 Å². The predicted molar refractivity (Wildman–Crippen MR) is 101 cm³/mol. The van der Waals surface area contributed by atoms with Crippen LogP contribution in [0.15, 0.2) is 28.9 Å². The number of hydrogen-bond acceptors (Lipinski definition) is 6. The van der Waals surface area contributed by atoms with E-state index < -0.39 is 6.10 Å². The van der Waals surface area contributed by atoms with Gasteiger partial charge in [0.05, 0.1) is 36.5 Å². The predicted octanol–water partition coefficient (Wildman–Crippen LogP) is 1.69. The lowest BCUT2D eigenvalue weighted by atomic mass is 10.1.